The van der Waals surface area contributed by atoms with E-state index in [2.05, 4.69) is 6.92 Å². The first-order valence-corrected chi connectivity index (χ1v) is 8.07. The lowest BCUT2D eigenvalue weighted by Gasteiger charge is -2.36. The van der Waals surface area contributed by atoms with E-state index >= 15 is 0 Å². The molecule has 0 saturated carbocycles. The van der Waals surface area contributed by atoms with E-state index in [-0.39, 0.29) is 11.7 Å². The molecule has 1 unspecified atom stereocenters. The second kappa shape index (κ2) is 9.82. The topological polar surface area (TPSA) is 47.9 Å². The van der Waals surface area contributed by atoms with E-state index in [9.17, 15) is 5.11 Å². The fourth-order valence-electron chi connectivity index (χ4n) is 2.88. The van der Waals surface area contributed by atoms with Crippen LogP contribution in [0.1, 0.15) is 56.9 Å². The zero-order valence-corrected chi connectivity index (χ0v) is 14.3. The first kappa shape index (κ1) is 18.9. The largest absolute Gasteiger partial charge is 0.508 e. The standard InChI is InChI=1S/C18H30O4/c1-5-6-7-8-9-10-17(18(20-2,21-3)22-4)15-11-13-16(19)14-12-15/h11-14,17,19H,5-10H2,1-4H3. The molecule has 4 nitrogen and oxygen atoms in total. The van der Waals surface area contributed by atoms with Gasteiger partial charge in [-0.15, -0.1) is 0 Å². The van der Waals surface area contributed by atoms with Crippen LogP contribution in [0.3, 0.4) is 0 Å². The molecule has 0 spiro atoms. The van der Waals surface area contributed by atoms with Crippen molar-refractivity contribution < 1.29 is 19.3 Å². The van der Waals surface area contributed by atoms with Gasteiger partial charge in [0.25, 0.3) is 5.97 Å². The minimum atomic E-state index is -1.10. The number of benzene rings is 1. The summed E-state index contributed by atoms with van der Waals surface area (Å²) in [5, 5.41) is 9.49. The van der Waals surface area contributed by atoms with Gasteiger partial charge in [0.15, 0.2) is 0 Å². The molecule has 0 heterocycles. The van der Waals surface area contributed by atoms with Crippen LogP contribution in [0.2, 0.25) is 0 Å². The lowest BCUT2D eigenvalue weighted by molar-refractivity contribution is -0.365. The third kappa shape index (κ3) is 4.97. The quantitative estimate of drug-likeness (QED) is 0.485. The van der Waals surface area contributed by atoms with Crippen LogP contribution in [0.5, 0.6) is 5.75 Å². The predicted molar refractivity (Wildman–Crippen MR) is 88.0 cm³/mol. The highest BCUT2D eigenvalue weighted by Gasteiger charge is 2.40. The van der Waals surface area contributed by atoms with Gasteiger partial charge in [-0.25, -0.2) is 0 Å². The summed E-state index contributed by atoms with van der Waals surface area (Å²) in [5.41, 5.74) is 1.04. The Morgan fingerprint density at radius 3 is 1.95 bits per heavy atom. The smallest absolute Gasteiger partial charge is 0.289 e. The fourth-order valence-corrected chi connectivity index (χ4v) is 2.88. The SMILES string of the molecule is CCCCCCCC(c1ccc(O)cc1)C(OC)(OC)OC. The molecule has 0 aliphatic rings. The van der Waals surface area contributed by atoms with Gasteiger partial charge in [-0.3, -0.25) is 0 Å². The molecule has 0 aliphatic carbocycles. The number of unbranched alkanes of at least 4 members (excludes halogenated alkanes) is 4. The van der Waals surface area contributed by atoms with E-state index in [0.29, 0.717) is 0 Å². The third-order valence-corrected chi connectivity index (χ3v) is 4.17. The molecule has 4 heteroatoms. The van der Waals surface area contributed by atoms with Gasteiger partial charge in [0.1, 0.15) is 5.75 Å². The molecule has 0 saturated heterocycles. The maximum atomic E-state index is 9.49. The second-order valence-corrected chi connectivity index (χ2v) is 5.56. The van der Waals surface area contributed by atoms with Crippen LogP contribution in [0, 0.1) is 0 Å². The molecule has 0 aromatic heterocycles. The molecule has 126 valence electrons. The number of hydrogen-bond donors (Lipinski definition) is 1. The van der Waals surface area contributed by atoms with E-state index in [0.717, 1.165) is 18.4 Å². The van der Waals surface area contributed by atoms with Gasteiger partial charge in [0.2, 0.25) is 0 Å². The van der Waals surface area contributed by atoms with Crippen molar-refractivity contribution in [2.24, 2.45) is 0 Å². The Balaban J connectivity index is 2.87. The van der Waals surface area contributed by atoms with E-state index in [1.807, 2.05) is 12.1 Å². The van der Waals surface area contributed by atoms with E-state index < -0.39 is 5.97 Å². The summed E-state index contributed by atoms with van der Waals surface area (Å²) in [6.45, 7) is 2.21. The van der Waals surface area contributed by atoms with Crippen LogP contribution >= 0.6 is 0 Å². The van der Waals surface area contributed by atoms with Gasteiger partial charge < -0.3 is 19.3 Å². The highest BCUT2D eigenvalue weighted by molar-refractivity contribution is 5.29. The summed E-state index contributed by atoms with van der Waals surface area (Å²) in [7, 11) is 4.78. The molecule has 1 aromatic rings. The van der Waals surface area contributed by atoms with Crippen LogP contribution in [0.4, 0.5) is 0 Å². The van der Waals surface area contributed by atoms with Crippen LogP contribution < -0.4 is 0 Å². The molecular formula is C18H30O4. The minimum absolute atomic E-state index is 0.0465. The van der Waals surface area contributed by atoms with Crippen molar-refractivity contribution in [3.8, 4) is 5.75 Å². The highest BCUT2D eigenvalue weighted by Crippen LogP contribution is 2.37. The number of aromatic hydroxyl groups is 1. The summed E-state index contributed by atoms with van der Waals surface area (Å²) in [6, 6.07) is 7.17. The third-order valence-electron chi connectivity index (χ3n) is 4.17. The lowest BCUT2D eigenvalue weighted by Crippen LogP contribution is -2.42. The molecule has 1 atom stereocenters. The Bertz CT molecular complexity index is 390. The number of methoxy groups -OCH3 is 3. The van der Waals surface area contributed by atoms with Gasteiger partial charge in [0, 0.05) is 21.3 Å². The lowest BCUT2D eigenvalue weighted by atomic mass is 9.90. The maximum absolute atomic E-state index is 9.49. The molecule has 22 heavy (non-hydrogen) atoms. The number of hydrogen-bond acceptors (Lipinski definition) is 4. The monoisotopic (exact) mass is 310 g/mol. The number of rotatable bonds is 11. The van der Waals surface area contributed by atoms with Crippen molar-refractivity contribution in [1.82, 2.24) is 0 Å². The Hall–Kier alpha value is -1.10. The fraction of sp³-hybridized carbons (Fsp3) is 0.667. The summed E-state index contributed by atoms with van der Waals surface area (Å²) in [5.74, 6) is -0.889. The van der Waals surface area contributed by atoms with Gasteiger partial charge in [-0.2, -0.15) is 0 Å². The van der Waals surface area contributed by atoms with Gasteiger partial charge in [-0.05, 0) is 24.1 Å². The molecule has 0 radical (unpaired) electrons. The van der Waals surface area contributed by atoms with Crippen LogP contribution in [-0.4, -0.2) is 32.4 Å². The van der Waals surface area contributed by atoms with Crippen molar-refractivity contribution in [3.05, 3.63) is 29.8 Å². The van der Waals surface area contributed by atoms with Crippen LogP contribution in [-0.2, 0) is 14.2 Å². The van der Waals surface area contributed by atoms with Gasteiger partial charge in [-0.1, -0.05) is 51.2 Å². The number of ether oxygens (including phenoxy) is 3. The average Bonchev–Trinajstić information content (AvgIpc) is 2.55. The molecule has 1 N–H and O–H groups in total. The van der Waals surface area contributed by atoms with Crippen LogP contribution in [0.25, 0.3) is 0 Å². The predicted octanol–water partition coefficient (Wildman–Crippen LogP) is 4.43. The summed E-state index contributed by atoms with van der Waals surface area (Å²) in [4.78, 5) is 0. The second-order valence-electron chi connectivity index (χ2n) is 5.56. The van der Waals surface area contributed by atoms with Gasteiger partial charge >= 0.3 is 0 Å². The Labute approximate surface area is 134 Å². The molecule has 0 fully saturated rings. The molecule has 0 aliphatic heterocycles. The number of phenols is 1. The van der Waals surface area contributed by atoms with Gasteiger partial charge in [0.05, 0.1) is 5.92 Å². The van der Waals surface area contributed by atoms with Crippen molar-refractivity contribution in [2.75, 3.05) is 21.3 Å². The minimum Gasteiger partial charge on any atom is -0.508 e. The van der Waals surface area contributed by atoms with Crippen molar-refractivity contribution in [3.63, 3.8) is 0 Å². The molecule has 1 rings (SSSR count). The first-order chi connectivity index (χ1) is 10.6. The Morgan fingerprint density at radius 1 is 0.909 bits per heavy atom. The van der Waals surface area contributed by atoms with E-state index in [1.54, 1.807) is 33.5 Å². The highest BCUT2D eigenvalue weighted by atomic mass is 16.9. The molecular weight excluding hydrogens is 280 g/mol. The van der Waals surface area contributed by atoms with Crippen molar-refractivity contribution in [2.45, 2.75) is 57.3 Å². The van der Waals surface area contributed by atoms with E-state index in [1.165, 1.54) is 25.7 Å². The zero-order valence-electron chi connectivity index (χ0n) is 14.3. The summed E-state index contributed by atoms with van der Waals surface area (Å²) in [6.07, 6.45) is 6.94. The molecule has 0 bridgehead atoms. The average molecular weight is 310 g/mol. The number of phenolic OH excluding ortho intramolecular Hbond substituents is 1. The molecule has 1 aromatic carbocycles. The maximum Gasteiger partial charge on any atom is 0.289 e. The Kier molecular flexibility index (Phi) is 8.46. The zero-order chi connectivity index (χ0) is 16.4. The summed E-state index contributed by atoms with van der Waals surface area (Å²) < 4.78 is 16.7. The first-order valence-electron chi connectivity index (χ1n) is 8.07. The molecule has 0 amide bonds. The van der Waals surface area contributed by atoms with Crippen molar-refractivity contribution in [1.29, 1.82) is 0 Å². The van der Waals surface area contributed by atoms with E-state index in [4.69, 9.17) is 14.2 Å². The van der Waals surface area contributed by atoms with Crippen molar-refractivity contribution >= 4 is 0 Å². The Morgan fingerprint density at radius 2 is 1.45 bits per heavy atom. The summed E-state index contributed by atoms with van der Waals surface area (Å²) >= 11 is 0. The van der Waals surface area contributed by atoms with Crippen LogP contribution in [0.15, 0.2) is 24.3 Å². The normalized spacial score (nSPS) is 13.3.